The molecule has 0 heterocycles. The van der Waals surface area contributed by atoms with Crippen LogP contribution in [0.5, 0.6) is 0 Å². The van der Waals surface area contributed by atoms with Gasteiger partial charge in [-0.05, 0) is 32.9 Å². The number of carbonyl (C=O) groups excluding carboxylic acids is 2. The third-order valence-electron chi connectivity index (χ3n) is 2.30. The second-order valence-electron chi connectivity index (χ2n) is 3.75. The molecule has 4 heteroatoms. The van der Waals surface area contributed by atoms with E-state index in [1.54, 1.807) is 32.0 Å². The predicted molar refractivity (Wildman–Crippen MR) is 69.9 cm³/mol. The van der Waals surface area contributed by atoms with Crippen molar-refractivity contribution in [2.45, 2.75) is 25.6 Å². The van der Waals surface area contributed by atoms with E-state index in [4.69, 9.17) is 4.74 Å². The number of esters is 1. The number of Topliss-reactive ketones (excluding diaryl/α,β-unsaturated/α-hetero) is 1. The second-order valence-corrected chi connectivity index (χ2v) is 5.12. The van der Waals surface area contributed by atoms with Crippen molar-refractivity contribution in [1.82, 2.24) is 0 Å². The molecule has 0 saturated heterocycles. The minimum absolute atomic E-state index is 0.114. The molecule has 0 amide bonds. The first-order valence-electron chi connectivity index (χ1n) is 5.43. The van der Waals surface area contributed by atoms with E-state index in [-0.39, 0.29) is 10.6 Å². The van der Waals surface area contributed by atoms with Crippen LogP contribution in [0.1, 0.15) is 40.1 Å². The molecule has 3 nitrogen and oxygen atoms in total. The molecule has 1 rings (SSSR count). The van der Waals surface area contributed by atoms with Crippen LogP contribution in [0.15, 0.2) is 18.2 Å². The van der Waals surface area contributed by atoms with E-state index in [9.17, 15) is 9.59 Å². The summed E-state index contributed by atoms with van der Waals surface area (Å²) in [6.45, 7) is 5.65. The van der Waals surface area contributed by atoms with Gasteiger partial charge in [-0.1, -0.05) is 27.6 Å². The zero-order valence-corrected chi connectivity index (χ0v) is 11.7. The van der Waals surface area contributed by atoms with Gasteiger partial charge in [0.2, 0.25) is 0 Å². The highest BCUT2D eigenvalue weighted by Crippen LogP contribution is 2.18. The topological polar surface area (TPSA) is 43.4 Å². The molecule has 0 saturated carbocycles. The first-order chi connectivity index (χ1) is 7.97. The van der Waals surface area contributed by atoms with Gasteiger partial charge in [0.25, 0.3) is 0 Å². The lowest BCUT2D eigenvalue weighted by Crippen LogP contribution is -2.17. The van der Waals surface area contributed by atoms with Gasteiger partial charge in [-0.2, -0.15) is 0 Å². The highest BCUT2D eigenvalue weighted by Gasteiger charge is 2.20. The summed E-state index contributed by atoms with van der Waals surface area (Å²) in [6.07, 6.45) is 0. The number of halogens is 1. The molecule has 1 unspecified atom stereocenters. The molecule has 0 radical (unpaired) electrons. The Bertz CT molecular complexity index is 438. The molecule has 1 aromatic carbocycles. The summed E-state index contributed by atoms with van der Waals surface area (Å²) in [6, 6.07) is 5.14. The highest BCUT2D eigenvalue weighted by atomic mass is 79.9. The Labute approximate surface area is 109 Å². The maximum atomic E-state index is 12.0. The molecule has 1 aromatic rings. The van der Waals surface area contributed by atoms with E-state index in [1.165, 1.54) is 0 Å². The number of hydrogen-bond donors (Lipinski definition) is 0. The van der Waals surface area contributed by atoms with Crippen molar-refractivity contribution in [3.8, 4) is 0 Å². The van der Waals surface area contributed by atoms with Gasteiger partial charge in [-0.3, -0.25) is 4.79 Å². The van der Waals surface area contributed by atoms with Crippen LogP contribution in [0, 0.1) is 6.92 Å². The number of ether oxygens (including phenoxy) is 1. The van der Waals surface area contributed by atoms with Crippen LogP contribution >= 0.6 is 15.9 Å². The minimum Gasteiger partial charge on any atom is -0.462 e. The van der Waals surface area contributed by atoms with E-state index in [1.807, 2.05) is 6.92 Å². The van der Waals surface area contributed by atoms with Crippen molar-refractivity contribution in [3.05, 3.63) is 34.9 Å². The fourth-order valence-corrected chi connectivity index (χ4v) is 1.71. The molecule has 0 aliphatic rings. The Kier molecular flexibility index (Phi) is 4.87. The number of carbonyl (C=O) groups is 2. The van der Waals surface area contributed by atoms with Crippen molar-refractivity contribution < 1.29 is 14.3 Å². The molecule has 92 valence electrons. The van der Waals surface area contributed by atoms with Crippen molar-refractivity contribution in [2.24, 2.45) is 0 Å². The third kappa shape index (κ3) is 3.40. The molecule has 17 heavy (non-hydrogen) atoms. The van der Waals surface area contributed by atoms with Crippen molar-refractivity contribution in [3.63, 3.8) is 0 Å². The smallest absolute Gasteiger partial charge is 0.338 e. The molecule has 1 atom stereocenters. The Balaban J connectivity index is 3.21. The second kappa shape index (κ2) is 5.96. The average Bonchev–Trinajstić information content (AvgIpc) is 2.28. The zero-order chi connectivity index (χ0) is 13.0. The monoisotopic (exact) mass is 298 g/mol. The first-order valence-corrected chi connectivity index (χ1v) is 6.35. The summed E-state index contributed by atoms with van der Waals surface area (Å²) >= 11 is 3.22. The molecular weight excluding hydrogens is 284 g/mol. The maximum absolute atomic E-state index is 12.0. The van der Waals surface area contributed by atoms with Crippen molar-refractivity contribution >= 4 is 27.7 Å². The Morgan fingerprint density at radius 3 is 2.53 bits per heavy atom. The summed E-state index contributed by atoms with van der Waals surface area (Å²) < 4.78 is 4.93. The van der Waals surface area contributed by atoms with Gasteiger partial charge in [0, 0.05) is 5.56 Å². The standard InChI is InChI=1S/C13H15BrO3/c1-4-17-13(16)10-6-5-8(2)7-11(10)12(15)9(3)14/h5-7,9H,4H2,1-3H3. The lowest BCUT2D eigenvalue weighted by molar-refractivity contribution is 0.0523. The van der Waals surface area contributed by atoms with Crippen LogP contribution in [0.4, 0.5) is 0 Å². The van der Waals surface area contributed by atoms with Gasteiger partial charge < -0.3 is 4.74 Å². The zero-order valence-electron chi connectivity index (χ0n) is 10.1. The molecular formula is C13H15BrO3. The van der Waals surface area contributed by atoms with Crippen molar-refractivity contribution in [2.75, 3.05) is 6.61 Å². The average molecular weight is 299 g/mol. The lowest BCUT2D eigenvalue weighted by atomic mass is 9.99. The first kappa shape index (κ1) is 13.9. The number of benzene rings is 1. The molecule has 0 N–H and O–H groups in total. The fraction of sp³-hybridized carbons (Fsp3) is 0.385. The Morgan fingerprint density at radius 2 is 2.00 bits per heavy atom. The van der Waals surface area contributed by atoms with Crippen LogP contribution in [-0.4, -0.2) is 23.2 Å². The summed E-state index contributed by atoms with van der Waals surface area (Å²) in [4.78, 5) is 23.4. The van der Waals surface area contributed by atoms with Gasteiger partial charge >= 0.3 is 5.97 Å². The summed E-state index contributed by atoms with van der Waals surface area (Å²) in [5, 5.41) is 0. The quantitative estimate of drug-likeness (QED) is 0.487. The highest BCUT2D eigenvalue weighted by molar-refractivity contribution is 9.10. The number of rotatable bonds is 4. The van der Waals surface area contributed by atoms with Gasteiger partial charge in [-0.25, -0.2) is 4.79 Å². The van der Waals surface area contributed by atoms with Crippen LogP contribution in [-0.2, 0) is 4.74 Å². The molecule has 0 aromatic heterocycles. The van der Waals surface area contributed by atoms with Crippen LogP contribution < -0.4 is 0 Å². The number of alkyl halides is 1. The van der Waals surface area contributed by atoms with Crippen molar-refractivity contribution in [1.29, 1.82) is 0 Å². The normalized spacial score (nSPS) is 12.0. The Morgan fingerprint density at radius 1 is 1.35 bits per heavy atom. The minimum atomic E-state index is -0.455. The summed E-state index contributed by atoms with van der Waals surface area (Å²) in [5.74, 6) is -0.569. The summed E-state index contributed by atoms with van der Waals surface area (Å²) in [5.41, 5.74) is 1.68. The van der Waals surface area contributed by atoms with Crippen LogP contribution in [0.3, 0.4) is 0 Å². The van der Waals surface area contributed by atoms with E-state index >= 15 is 0 Å². The number of hydrogen-bond acceptors (Lipinski definition) is 3. The van der Waals surface area contributed by atoms with E-state index in [0.717, 1.165) is 5.56 Å². The molecule has 0 bridgehead atoms. The maximum Gasteiger partial charge on any atom is 0.338 e. The third-order valence-corrected chi connectivity index (χ3v) is 2.71. The van der Waals surface area contributed by atoms with Crippen LogP contribution in [0.25, 0.3) is 0 Å². The number of aryl methyl sites for hydroxylation is 1. The summed E-state index contributed by atoms with van der Waals surface area (Å²) in [7, 11) is 0. The van der Waals surface area contributed by atoms with E-state index in [0.29, 0.717) is 17.7 Å². The molecule has 0 fully saturated rings. The van der Waals surface area contributed by atoms with E-state index < -0.39 is 5.97 Å². The van der Waals surface area contributed by atoms with Crippen LogP contribution in [0.2, 0.25) is 0 Å². The SMILES string of the molecule is CCOC(=O)c1ccc(C)cc1C(=O)C(C)Br. The predicted octanol–water partition coefficient (Wildman–Crippen LogP) is 3.14. The molecule has 0 aliphatic carbocycles. The molecule has 0 aliphatic heterocycles. The van der Waals surface area contributed by atoms with Gasteiger partial charge in [0.1, 0.15) is 0 Å². The lowest BCUT2D eigenvalue weighted by Gasteiger charge is -2.10. The largest absolute Gasteiger partial charge is 0.462 e. The van der Waals surface area contributed by atoms with E-state index in [2.05, 4.69) is 15.9 Å². The number of ketones is 1. The van der Waals surface area contributed by atoms with Gasteiger partial charge in [0.15, 0.2) is 5.78 Å². The fourth-order valence-electron chi connectivity index (χ4n) is 1.46. The molecule has 0 spiro atoms. The van der Waals surface area contributed by atoms with Gasteiger partial charge in [-0.15, -0.1) is 0 Å². The Hall–Kier alpha value is -1.16. The van der Waals surface area contributed by atoms with Gasteiger partial charge in [0.05, 0.1) is 17.0 Å².